The van der Waals surface area contributed by atoms with Crippen LogP contribution in [0, 0.1) is 0 Å². The molecule has 3 aromatic carbocycles. The van der Waals surface area contributed by atoms with Crippen LogP contribution in [0.2, 0.25) is 0 Å². The zero-order valence-corrected chi connectivity index (χ0v) is 19.8. The molecule has 0 aliphatic rings. The van der Waals surface area contributed by atoms with E-state index in [0.29, 0.717) is 17.8 Å². The van der Waals surface area contributed by atoms with Gasteiger partial charge in [-0.05, 0) is 53.1 Å². The molecule has 0 radical (unpaired) electrons. The zero-order valence-electron chi connectivity index (χ0n) is 19.8. The van der Waals surface area contributed by atoms with Gasteiger partial charge < -0.3 is 26.4 Å². The Hall–Kier alpha value is -4.25. The molecule has 7 N–H and O–H groups in total. The first-order valence-corrected chi connectivity index (χ1v) is 11.2. The molecule has 1 atom stereocenters. The number of amides is 3. The monoisotopic (exact) mass is 491 g/mol. The Morgan fingerprint density at radius 3 is 2.08 bits per heavy atom. The Kier molecular flexibility index (Phi) is 9.52. The van der Waals surface area contributed by atoms with Gasteiger partial charge in [-0.2, -0.15) is 0 Å². The van der Waals surface area contributed by atoms with Crippen molar-refractivity contribution < 1.29 is 24.3 Å². The first-order valence-electron chi connectivity index (χ1n) is 11.2. The van der Waals surface area contributed by atoms with Crippen LogP contribution in [-0.4, -0.2) is 49.2 Å². The highest BCUT2D eigenvalue weighted by Gasteiger charge is 2.19. The molecule has 10 nitrogen and oxygen atoms in total. The molecule has 0 heterocycles. The van der Waals surface area contributed by atoms with Gasteiger partial charge in [-0.3, -0.25) is 19.6 Å². The average molecular weight is 492 g/mol. The number of hydroxylamine groups is 1. The minimum Gasteiger partial charge on any atom is -0.497 e. The Morgan fingerprint density at radius 1 is 0.917 bits per heavy atom. The Bertz CT molecular complexity index is 1160. The predicted molar refractivity (Wildman–Crippen MR) is 135 cm³/mol. The standard InChI is InChI=1S/C26H29N5O5/c1-36-22-12-2-17(3-13-22)15-28-16-24(32)29-21-10-8-19(9-11-21)18-4-6-20(7-5-18)25(33)30-23(14-27)26(34)31-35/h2-13,23,28,35H,14-16,27H2,1H3,(H,29,32)(H,30,33)(H,31,34)/t23-/m0/s1. The second-order valence-corrected chi connectivity index (χ2v) is 7.89. The number of hydrogen-bond donors (Lipinski definition) is 6. The number of nitrogens with two attached hydrogens (primary N) is 1. The first-order chi connectivity index (χ1) is 17.4. The molecule has 0 aromatic heterocycles. The van der Waals surface area contributed by atoms with E-state index < -0.39 is 17.9 Å². The Balaban J connectivity index is 1.50. The summed E-state index contributed by atoms with van der Waals surface area (Å²) in [4.78, 5) is 36.1. The van der Waals surface area contributed by atoms with E-state index in [1.54, 1.807) is 43.5 Å². The summed E-state index contributed by atoms with van der Waals surface area (Å²) in [6.07, 6.45) is 0. The fraction of sp³-hybridized carbons (Fsp3) is 0.192. The van der Waals surface area contributed by atoms with E-state index in [1.807, 2.05) is 36.4 Å². The highest BCUT2D eigenvalue weighted by atomic mass is 16.5. The van der Waals surface area contributed by atoms with Crippen LogP contribution in [0.25, 0.3) is 11.1 Å². The summed E-state index contributed by atoms with van der Waals surface area (Å²) in [7, 11) is 1.62. The molecule has 0 saturated heterocycles. The molecule has 3 amide bonds. The van der Waals surface area contributed by atoms with E-state index in [0.717, 1.165) is 22.4 Å². The zero-order chi connectivity index (χ0) is 25.9. The fourth-order valence-corrected chi connectivity index (χ4v) is 3.38. The molecule has 3 aromatic rings. The molecule has 0 unspecified atom stereocenters. The van der Waals surface area contributed by atoms with Crippen molar-refractivity contribution in [1.29, 1.82) is 0 Å². The maximum absolute atomic E-state index is 12.3. The van der Waals surface area contributed by atoms with Crippen LogP contribution in [-0.2, 0) is 16.1 Å². The van der Waals surface area contributed by atoms with Gasteiger partial charge in [-0.1, -0.05) is 36.4 Å². The van der Waals surface area contributed by atoms with Crippen molar-refractivity contribution in [2.24, 2.45) is 5.73 Å². The van der Waals surface area contributed by atoms with Crippen molar-refractivity contribution in [3.63, 3.8) is 0 Å². The second-order valence-electron chi connectivity index (χ2n) is 7.89. The Morgan fingerprint density at radius 2 is 1.53 bits per heavy atom. The van der Waals surface area contributed by atoms with Gasteiger partial charge in [0.05, 0.1) is 13.7 Å². The summed E-state index contributed by atoms with van der Waals surface area (Å²) in [6.45, 7) is 0.575. The molecule has 0 aliphatic carbocycles. The highest BCUT2D eigenvalue weighted by Crippen LogP contribution is 2.22. The topological polar surface area (TPSA) is 155 Å². The molecule has 0 fully saturated rings. The third-order valence-corrected chi connectivity index (χ3v) is 5.39. The smallest absolute Gasteiger partial charge is 0.267 e. The summed E-state index contributed by atoms with van der Waals surface area (Å²) in [6, 6.07) is 20.7. The molecular weight excluding hydrogens is 462 g/mol. The minimum absolute atomic E-state index is 0.155. The van der Waals surface area contributed by atoms with Crippen molar-refractivity contribution in [3.05, 3.63) is 83.9 Å². The lowest BCUT2D eigenvalue weighted by atomic mass is 10.0. The second kappa shape index (κ2) is 13.0. The lowest BCUT2D eigenvalue weighted by Crippen LogP contribution is -2.50. The summed E-state index contributed by atoms with van der Waals surface area (Å²) in [5.41, 5.74) is 10.8. The number of anilines is 1. The van der Waals surface area contributed by atoms with Crippen LogP contribution in [0.4, 0.5) is 5.69 Å². The molecule has 36 heavy (non-hydrogen) atoms. The van der Waals surface area contributed by atoms with E-state index in [4.69, 9.17) is 15.7 Å². The molecule has 188 valence electrons. The minimum atomic E-state index is -1.04. The number of ether oxygens (including phenoxy) is 1. The molecule has 0 bridgehead atoms. The van der Waals surface area contributed by atoms with E-state index in [2.05, 4.69) is 16.0 Å². The van der Waals surface area contributed by atoms with Gasteiger partial charge in [0.25, 0.3) is 11.8 Å². The van der Waals surface area contributed by atoms with E-state index in [1.165, 1.54) is 5.48 Å². The summed E-state index contributed by atoms with van der Waals surface area (Å²) in [5, 5.41) is 17.1. The van der Waals surface area contributed by atoms with E-state index >= 15 is 0 Å². The quantitative estimate of drug-likeness (QED) is 0.176. The lowest BCUT2D eigenvalue weighted by Gasteiger charge is -2.14. The maximum atomic E-state index is 12.3. The highest BCUT2D eigenvalue weighted by molar-refractivity contribution is 5.98. The van der Waals surface area contributed by atoms with Crippen LogP contribution in [0.3, 0.4) is 0 Å². The third-order valence-electron chi connectivity index (χ3n) is 5.39. The third kappa shape index (κ3) is 7.37. The van der Waals surface area contributed by atoms with Crippen molar-refractivity contribution in [1.82, 2.24) is 16.1 Å². The number of benzene rings is 3. The Labute approximate surface area is 208 Å². The number of carbonyl (C=O) groups is 3. The SMILES string of the molecule is COc1ccc(CNCC(=O)Nc2ccc(-c3ccc(C(=O)N[C@@H](CN)C(=O)NO)cc3)cc2)cc1. The van der Waals surface area contributed by atoms with Crippen LogP contribution in [0.5, 0.6) is 5.75 Å². The summed E-state index contributed by atoms with van der Waals surface area (Å²) >= 11 is 0. The lowest BCUT2D eigenvalue weighted by molar-refractivity contribution is -0.130. The van der Waals surface area contributed by atoms with Crippen molar-refractivity contribution in [2.45, 2.75) is 12.6 Å². The van der Waals surface area contributed by atoms with Gasteiger partial charge in [0.1, 0.15) is 11.8 Å². The van der Waals surface area contributed by atoms with Gasteiger partial charge in [-0.25, -0.2) is 5.48 Å². The molecule has 3 rings (SSSR count). The molecular formula is C26H29N5O5. The summed E-state index contributed by atoms with van der Waals surface area (Å²) < 4.78 is 5.13. The van der Waals surface area contributed by atoms with Gasteiger partial charge in [0, 0.05) is 24.3 Å². The summed E-state index contributed by atoms with van der Waals surface area (Å²) in [5.74, 6) is -0.647. The predicted octanol–water partition coefficient (Wildman–Crippen LogP) is 1.65. The molecule has 10 heteroatoms. The number of methoxy groups -OCH3 is 1. The van der Waals surface area contributed by atoms with Crippen molar-refractivity contribution in [2.75, 3.05) is 25.5 Å². The molecule has 0 saturated carbocycles. The molecule has 0 aliphatic heterocycles. The van der Waals surface area contributed by atoms with Gasteiger partial charge >= 0.3 is 0 Å². The van der Waals surface area contributed by atoms with E-state index in [-0.39, 0.29) is 19.0 Å². The van der Waals surface area contributed by atoms with Crippen LogP contribution in [0.15, 0.2) is 72.8 Å². The number of carbonyl (C=O) groups excluding carboxylic acids is 3. The number of hydrogen-bond acceptors (Lipinski definition) is 7. The first kappa shape index (κ1) is 26.4. The van der Waals surface area contributed by atoms with Crippen LogP contribution < -0.4 is 31.9 Å². The maximum Gasteiger partial charge on any atom is 0.267 e. The molecule has 0 spiro atoms. The number of nitrogens with one attached hydrogen (secondary N) is 4. The van der Waals surface area contributed by atoms with Crippen LogP contribution in [0.1, 0.15) is 15.9 Å². The van der Waals surface area contributed by atoms with Gasteiger partial charge in [0.2, 0.25) is 5.91 Å². The van der Waals surface area contributed by atoms with Gasteiger partial charge in [-0.15, -0.1) is 0 Å². The number of rotatable bonds is 11. The van der Waals surface area contributed by atoms with Crippen molar-refractivity contribution in [3.8, 4) is 16.9 Å². The normalized spacial score (nSPS) is 11.3. The fourth-order valence-electron chi connectivity index (χ4n) is 3.38. The van der Waals surface area contributed by atoms with Crippen molar-refractivity contribution >= 4 is 23.4 Å². The van der Waals surface area contributed by atoms with Gasteiger partial charge in [0.15, 0.2) is 0 Å². The van der Waals surface area contributed by atoms with E-state index in [9.17, 15) is 14.4 Å². The average Bonchev–Trinajstić information content (AvgIpc) is 2.92. The van der Waals surface area contributed by atoms with Crippen LogP contribution >= 0.6 is 0 Å². The largest absolute Gasteiger partial charge is 0.497 e.